The molecule has 2 nitrogen and oxygen atoms in total. The number of rotatable bonds is 8. The Morgan fingerprint density at radius 2 is 1.94 bits per heavy atom. The van der Waals surface area contributed by atoms with Crippen LogP contribution in [0.15, 0.2) is 0 Å². The topological polar surface area (TPSA) is 15.3 Å². The van der Waals surface area contributed by atoms with Gasteiger partial charge in [-0.2, -0.15) is 0 Å². The maximum Gasteiger partial charge on any atom is 0.00967 e. The monoisotopic (exact) mass is 226 g/mol. The molecule has 1 saturated carbocycles. The van der Waals surface area contributed by atoms with Gasteiger partial charge in [0, 0.05) is 25.7 Å². The van der Waals surface area contributed by atoms with Crippen LogP contribution in [0.1, 0.15) is 47.5 Å². The molecule has 0 aliphatic heterocycles. The number of nitrogens with one attached hydrogen (secondary N) is 1. The van der Waals surface area contributed by atoms with Crippen LogP contribution in [0, 0.1) is 11.3 Å². The zero-order valence-electron chi connectivity index (χ0n) is 11.8. The van der Waals surface area contributed by atoms with Crippen LogP contribution in [-0.4, -0.2) is 37.1 Å². The van der Waals surface area contributed by atoms with E-state index in [9.17, 15) is 0 Å². The van der Waals surface area contributed by atoms with E-state index in [0.717, 1.165) is 25.0 Å². The van der Waals surface area contributed by atoms with Crippen molar-refractivity contribution in [3.8, 4) is 0 Å². The van der Waals surface area contributed by atoms with Crippen LogP contribution in [0.3, 0.4) is 0 Å². The summed E-state index contributed by atoms with van der Waals surface area (Å²) in [6.07, 6.45) is 2.84. The minimum atomic E-state index is 0.396. The molecule has 0 saturated heterocycles. The molecular weight excluding hydrogens is 196 g/mol. The SMILES string of the molecule is CCNCC(C)(C)CN(CC(C)C)C1CC1. The third-order valence-electron chi connectivity index (χ3n) is 3.15. The Morgan fingerprint density at radius 1 is 1.31 bits per heavy atom. The smallest absolute Gasteiger partial charge is 0.00967 e. The van der Waals surface area contributed by atoms with E-state index in [-0.39, 0.29) is 0 Å². The zero-order chi connectivity index (χ0) is 12.2. The third kappa shape index (κ3) is 5.31. The molecule has 0 aromatic carbocycles. The molecule has 0 aromatic heterocycles. The first kappa shape index (κ1) is 14.0. The van der Waals surface area contributed by atoms with Crippen LogP contribution in [-0.2, 0) is 0 Å². The molecule has 96 valence electrons. The highest BCUT2D eigenvalue weighted by atomic mass is 15.2. The summed E-state index contributed by atoms with van der Waals surface area (Å²) in [6, 6.07) is 0.892. The van der Waals surface area contributed by atoms with E-state index in [2.05, 4.69) is 44.8 Å². The summed E-state index contributed by atoms with van der Waals surface area (Å²) < 4.78 is 0. The van der Waals surface area contributed by atoms with Crippen LogP contribution in [0.2, 0.25) is 0 Å². The fourth-order valence-corrected chi connectivity index (χ4v) is 2.32. The van der Waals surface area contributed by atoms with Gasteiger partial charge in [0.2, 0.25) is 0 Å². The van der Waals surface area contributed by atoms with Crippen LogP contribution in [0.5, 0.6) is 0 Å². The van der Waals surface area contributed by atoms with Crippen molar-refractivity contribution in [2.24, 2.45) is 11.3 Å². The standard InChI is InChI=1S/C14H30N2/c1-6-15-10-14(4,5)11-16(9-12(2)3)13-7-8-13/h12-13,15H,6-11H2,1-5H3. The Bertz CT molecular complexity index is 195. The van der Waals surface area contributed by atoms with Gasteiger partial charge in [0.25, 0.3) is 0 Å². The summed E-state index contributed by atoms with van der Waals surface area (Å²) >= 11 is 0. The van der Waals surface area contributed by atoms with Gasteiger partial charge in [0.05, 0.1) is 0 Å². The number of hydrogen-bond donors (Lipinski definition) is 1. The highest BCUT2D eigenvalue weighted by Crippen LogP contribution is 2.30. The lowest BCUT2D eigenvalue weighted by atomic mass is 9.92. The lowest BCUT2D eigenvalue weighted by Gasteiger charge is -2.34. The van der Waals surface area contributed by atoms with Crippen molar-refractivity contribution in [1.29, 1.82) is 0 Å². The molecule has 1 aliphatic carbocycles. The quantitative estimate of drug-likeness (QED) is 0.684. The summed E-state index contributed by atoms with van der Waals surface area (Å²) in [7, 11) is 0. The Morgan fingerprint density at radius 3 is 2.38 bits per heavy atom. The first-order chi connectivity index (χ1) is 7.44. The van der Waals surface area contributed by atoms with Gasteiger partial charge in [-0.15, -0.1) is 0 Å². The van der Waals surface area contributed by atoms with Crippen LogP contribution in [0.4, 0.5) is 0 Å². The molecule has 1 N–H and O–H groups in total. The van der Waals surface area contributed by atoms with E-state index in [1.165, 1.54) is 25.9 Å². The van der Waals surface area contributed by atoms with Gasteiger partial charge in [-0.05, 0) is 30.7 Å². The first-order valence-electron chi connectivity index (χ1n) is 6.89. The average Bonchev–Trinajstić information content (AvgIpc) is 2.95. The van der Waals surface area contributed by atoms with Gasteiger partial charge < -0.3 is 5.32 Å². The molecule has 0 amide bonds. The molecule has 0 spiro atoms. The largest absolute Gasteiger partial charge is 0.316 e. The van der Waals surface area contributed by atoms with E-state index < -0.39 is 0 Å². The van der Waals surface area contributed by atoms with Crippen LogP contribution < -0.4 is 5.32 Å². The molecule has 0 aromatic rings. The van der Waals surface area contributed by atoms with Gasteiger partial charge in [0.1, 0.15) is 0 Å². The molecule has 2 heteroatoms. The molecule has 1 rings (SSSR count). The maximum atomic E-state index is 3.48. The fourth-order valence-electron chi connectivity index (χ4n) is 2.32. The molecular formula is C14H30N2. The van der Waals surface area contributed by atoms with Crippen LogP contribution >= 0.6 is 0 Å². The highest BCUT2D eigenvalue weighted by molar-refractivity contribution is 4.88. The average molecular weight is 226 g/mol. The summed E-state index contributed by atoms with van der Waals surface area (Å²) in [4.78, 5) is 2.71. The van der Waals surface area contributed by atoms with E-state index >= 15 is 0 Å². The van der Waals surface area contributed by atoms with Crippen molar-refractivity contribution < 1.29 is 0 Å². The number of hydrogen-bond acceptors (Lipinski definition) is 2. The van der Waals surface area contributed by atoms with E-state index in [4.69, 9.17) is 0 Å². The number of nitrogens with zero attached hydrogens (tertiary/aromatic N) is 1. The molecule has 0 unspecified atom stereocenters. The minimum Gasteiger partial charge on any atom is -0.316 e. The second-order valence-corrected chi connectivity index (χ2v) is 6.50. The third-order valence-corrected chi connectivity index (χ3v) is 3.15. The Balaban J connectivity index is 2.39. The van der Waals surface area contributed by atoms with E-state index in [1.54, 1.807) is 0 Å². The Labute approximate surface area is 102 Å². The molecule has 1 fully saturated rings. The van der Waals surface area contributed by atoms with Crippen molar-refractivity contribution in [3.05, 3.63) is 0 Å². The maximum absolute atomic E-state index is 3.48. The molecule has 0 bridgehead atoms. The summed E-state index contributed by atoms with van der Waals surface area (Å²) in [6.45, 7) is 16.3. The van der Waals surface area contributed by atoms with Crippen molar-refractivity contribution in [2.75, 3.05) is 26.2 Å². The second-order valence-electron chi connectivity index (χ2n) is 6.50. The van der Waals surface area contributed by atoms with Crippen LogP contribution in [0.25, 0.3) is 0 Å². The zero-order valence-corrected chi connectivity index (χ0v) is 11.8. The normalized spacial score (nSPS) is 17.4. The van der Waals surface area contributed by atoms with Crippen molar-refractivity contribution in [1.82, 2.24) is 10.2 Å². The molecule has 16 heavy (non-hydrogen) atoms. The van der Waals surface area contributed by atoms with Gasteiger partial charge in [-0.1, -0.05) is 34.6 Å². The predicted octanol–water partition coefficient (Wildman–Crippen LogP) is 2.74. The van der Waals surface area contributed by atoms with Crippen molar-refractivity contribution in [3.63, 3.8) is 0 Å². The Hall–Kier alpha value is -0.0800. The van der Waals surface area contributed by atoms with Crippen molar-refractivity contribution >= 4 is 0 Å². The van der Waals surface area contributed by atoms with Gasteiger partial charge >= 0.3 is 0 Å². The lowest BCUT2D eigenvalue weighted by Crippen LogP contribution is -2.42. The molecule has 0 atom stereocenters. The van der Waals surface area contributed by atoms with Gasteiger partial charge in [0.15, 0.2) is 0 Å². The van der Waals surface area contributed by atoms with Gasteiger partial charge in [-0.3, -0.25) is 4.90 Å². The van der Waals surface area contributed by atoms with E-state index in [1.807, 2.05) is 0 Å². The molecule has 0 heterocycles. The summed E-state index contributed by atoms with van der Waals surface area (Å²) in [5.74, 6) is 0.788. The Kier molecular flexibility index (Phi) is 5.26. The molecule has 0 radical (unpaired) electrons. The summed E-state index contributed by atoms with van der Waals surface area (Å²) in [5.41, 5.74) is 0.396. The second kappa shape index (κ2) is 6.02. The molecule has 1 aliphatic rings. The summed E-state index contributed by atoms with van der Waals surface area (Å²) in [5, 5.41) is 3.48. The van der Waals surface area contributed by atoms with E-state index in [0.29, 0.717) is 5.41 Å². The lowest BCUT2D eigenvalue weighted by molar-refractivity contribution is 0.152. The fraction of sp³-hybridized carbons (Fsp3) is 1.00. The minimum absolute atomic E-state index is 0.396. The first-order valence-corrected chi connectivity index (χ1v) is 6.89. The van der Waals surface area contributed by atoms with Gasteiger partial charge in [-0.25, -0.2) is 0 Å². The highest BCUT2D eigenvalue weighted by Gasteiger charge is 2.32. The predicted molar refractivity (Wildman–Crippen MR) is 71.8 cm³/mol. The van der Waals surface area contributed by atoms with Crippen molar-refractivity contribution in [2.45, 2.75) is 53.5 Å².